The molecule has 0 aromatic carbocycles. The average molecular weight is 208 g/mol. The van der Waals surface area contributed by atoms with E-state index in [1.807, 2.05) is 6.07 Å². The Hall–Kier alpha value is -0.800. The maximum atomic E-state index is 5.73. The number of furan rings is 1. The van der Waals surface area contributed by atoms with Crippen molar-refractivity contribution in [2.45, 2.75) is 25.8 Å². The second-order valence-electron chi connectivity index (χ2n) is 4.43. The van der Waals surface area contributed by atoms with Gasteiger partial charge in [-0.15, -0.1) is 0 Å². The third-order valence-corrected chi connectivity index (χ3v) is 3.39. The Morgan fingerprint density at radius 3 is 3.20 bits per heavy atom. The molecule has 15 heavy (non-hydrogen) atoms. The third-order valence-electron chi connectivity index (χ3n) is 3.39. The molecule has 1 saturated heterocycles. The Balaban J connectivity index is 1.98. The van der Waals surface area contributed by atoms with Gasteiger partial charge in [-0.3, -0.25) is 4.90 Å². The molecule has 0 unspecified atom stereocenters. The highest BCUT2D eigenvalue weighted by atomic mass is 16.3. The van der Waals surface area contributed by atoms with Crippen LogP contribution in [0.5, 0.6) is 0 Å². The number of nitrogens with two attached hydrogens (primary N) is 1. The highest BCUT2D eigenvalue weighted by Gasteiger charge is 2.24. The number of rotatable bonds is 3. The fourth-order valence-electron chi connectivity index (χ4n) is 2.35. The van der Waals surface area contributed by atoms with Gasteiger partial charge in [-0.05, 0) is 50.9 Å². The maximum absolute atomic E-state index is 5.73. The van der Waals surface area contributed by atoms with Crippen LogP contribution >= 0.6 is 0 Å². The molecule has 1 aromatic heterocycles. The lowest BCUT2D eigenvalue weighted by atomic mass is 9.97. The minimum atomic E-state index is 0.384. The summed E-state index contributed by atoms with van der Waals surface area (Å²) in [6, 6.07) is 4.39. The van der Waals surface area contributed by atoms with E-state index in [1.54, 1.807) is 6.26 Å². The zero-order valence-corrected chi connectivity index (χ0v) is 9.36. The topological polar surface area (TPSA) is 42.4 Å². The van der Waals surface area contributed by atoms with Crippen LogP contribution in [0.25, 0.3) is 0 Å². The molecule has 0 aliphatic carbocycles. The van der Waals surface area contributed by atoms with E-state index in [2.05, 4.69) is 17.9 Å². The van der Waals surface area contributed by atoms with E-state index in [1.165, 1.54) is 19.4 Å². The molecule has 1 aliphatic rings. The van der Waals surface area contributed by atoms with Gasteiger partial charge in [0, 0.05) is 6.54 Å². The second-order valence-corrected chi connectivity index (χ2v) is 4.43. The van der Waals surface area contributed by atoms with Gasteiger partial charge < -0.3 is 10.2 Å². The quantitative estimate of drug-likeness (QED) is 0.826. The summed E-state index contributed by atoms with van der Waals surface area (Å²) in [6.45, 7) is 5.29. The SMILES string of the molecule is C[C@H](c1ccco1)N1CCC[C@H](CN)C1. The molecule has 0 saturated carbocycles. The Kier molecular flexibility index (Phi) is 3.44. The minimum absolute atomic E-state index is 0.384. The van der Waals surface area contributed by atoms with Crippen molar-refractivity contribution < 1.29 is 4.42 Å². The zero-order valence-electron chi connectivity index (χ0n) is 9.36. The van der Waals surface area contributed by atoms with E-state index in [4.69, 9.17) is 10.2 Å². The molecule has 0 radical (unpaired) electrons. The third kappa shape index (κ3) is 2.41. The molecule has 0 spiro atoms. The van der Waals surface area contributed by atoms with Gasteiger partial charge in [-0.1, -0.05) is 0 Å². The molecule has 3 nitrogen and oxygen atoms in total. The summed E-state index contributed by atoms with van der Waals surface area (Å²) in [6.07, 6.45) is 4.28. The van der Waals surface area contributed by atoms with Crippen LogP contribution in [0, 0.1) is 5.92 Å². The molecule has 1 fully saturated rings. The van der Waals surface area contributed by atoms with Gasteiger partial charge in [0.15, 0.2) is 0 Å². The Bertz CT molecular complexity index is 284. The van der Waals surface area contributed by atoms with Crippen molar-refractivity contribution in [3.8, 4) is 0 Å². The molecule has 3 heteroatoms. The van der Waals surface area contributed by atoms with Crippen LogP contribution in [0.1, 0.15) is 31.6 Å². The zero-order chi connectivity index (χ0) is 10.7. The number of hydrogen-bond acceptors (Lipinski definition) is 3. The van der Waals surface area contributed by atoms with Crippen LogP contribution in [-0.4, -0.2) is 24.5 Å². The molecule has 2 atom stereocenters. The molecule has 2 N–H and O–H groups in total. The first-order valence-electron chi connectivity index (χ1n) is 5.78. The van der Waals surface area contributed by atoms with Crippen molar-refractivity contribution in [3.63, 3.8) is 0 Å². The van der Waals surface area contributed by atoms with Crippen LogP contribution in [0.2, 0.25) is 0 Å². The maximum Gasteiger partial charge on any atom is 0.120 e. The van der Waals surface area contributed by atoms with E-state index in [-0.39, 0.29) is 0 Å². The lowest BCUT2D eigenvalue weighted by molar-refractivity contribution is 0.121. The van der Waals surface area contributed by atoms with Crippen LogP contribution < -0.4 is 5.73 Å². The summed E-state index contributed by atoms with van der Waals surface area (Å²) in [5.74, 6) is 1.73. The predicted octanol–water partition coefficient (Wildman–Crippen LogP) is 2.01. The van der Waals surface area contributed by atoms with E-state index < -0.39 is 0 Å². The first-order valence-corrected chi connectivity index (χ1v) is 5.78. The van der Waals surface area contributed by atoms with Crippen molar-refractivity contribution in [1.82, 2.24) is 4.90 Å². The number of likely N-dealkylation sites (tertiary alicyclic amines) is 1. The smallest absolute Gasteiger partial charge is 0.120 e. The van der Waals surface area contributed by atoms with Crippen LogP contribution in [0.4, 0.5) is 0 Å². The van der Waals surface area contributed by atoms with Gasteiger partial charge in [0.2, 0.25) is 0 Å². The summed E-state index contributed by atoms with van der Waals surface area (Å²) in [5.41, 5.74) is 5.73. The summed E-state index contributed by atoms with van der Waals surface area (Å²) < 4.78 is 5.44. The molecule has 84 valence electrons. The van der Waals surface area contributed by atoms with E-state index in [0.717, 1.165) is 18.8 Å². The van der Waals surface area contributed by atoms with Crippen LogP contribution in [0.3, 0.4) is 0 Å². The lowest BCUT2D eigenvalue weighted by Gasteiger charge is -2.35. The van der Waals surface area contributed by atoms with Crippen molar-refractivity contribution in [2.75, 3.05) is 19.6 Å². The fourth-order valence-corrected chi connectivity index (χ4v) is 2.35. The molecule has 2 heterocycles. The van der Waals surface area contributed by atoms with Gasteiger partial charge in [0.05, 0.1) is 12.3 Å². The predicted molar refractivity (Wildman–Crippen MR) is 60.5 cm³/mol. The lowest BCUT2D eigenvalue weighted by Crippen LogP contribution is -2.39. The van der Waals surface area contributed by atoms with E-state index in [0.29, 0.717) is 12.0 Å². The summed E-state index contributed by atoms with van der Waals surface area (Å²) >= 11 is 0. The van der Waals surface area contributed by atoms with Gasteiger partial charge in [-0.2, -0.15) is 0 Å². The molecular weight excluding hydrogens is 188 g/mol. The second kappa shape index (κ2) is 4.81. The van der Waals surface area contributed by atoms with Crippen molar-refractivity contribution in [1.29, 1.82) is 0 Å². The highest BCUT2D eigenvalue weighted by molar-refractivity contribution is 5.04. The number of nitrogens with zero attached hydrogens (tertiary/aromatic N) is 1. The minimum Gasteiger partial charge on any atom is -0.468 e. The van der Waals surface area contributed by atoms with Crippen LogP contribution in [-0.2, 0) is 0 Å². The molecule has 1 aromatic rings. The van der Waals surface area contributed by atoms with Crippen molar-refractivity contribution >= 4 is 0 Å². The Morgan fingerprint density at radius 1 is 1.67 bits per heavy atom. The molecule has 2 rings (SSSR count). The molecule has 1 aliphatic heterocycles. The largest absolute Gasteiger partial charge is 0.468 e. The van der Waals surface area contributed by atoms with Gasteiger partial charge in [0.25, 0.3) is 0 Å². The van der Waals surface area contributed by atoms with Crippen LogP contribution in [0.15, 0.2) is 22.8 Å². The summed E-state index contributed by atoms with van der Waals surface area (Å²) in [7, 11) is 0. The summed E-state index contributed by atoms with van der Waals surface area (Å²) in [5, 5.41) is 0. The number of piperidine rings is 1. The van der Waals surface area contributed by atoms with Crippen molar-refractivity contribution in [3.05, 3.63) is 24.2 Å². The Morgan fingerprint density at radius 2 is 2.53 bits per heavy atom. The summed E-state index contributed by atoms with van der Waals surface area (Å²) in [4.78, 5) is 2.47. The van der Waals surface area contributed by atoms with E-state index >= 15 is 0 Å². The first kappa shape index (κ1) is 10.7. The first-order chi connectivity index (χ1) is 7.31. The fraction of sp³-hybridized carbons (Fsp3) is 0.667. The van der Waals surface area contributed by atoms with Gasteiger partial charge >= 0.3 is 0 Å². The number of hydrogen-bond donors (Lipinski definition) is 1. The van der Waals surface area contributed by atoms with E-state index in [9.17, 15) is 0 Å². The standard InChI is InChI=1S/C12H20N2O/c1-10(12-5-3-7-15-12)14-6-2-4-11(8-13)9-14/h3,5,7,10-11H,2,4,6,8-9,13H2,1H3/t10-,11-/m1/s1. The monoisotopic (exact) mass is 208 g/mol. The Labute approximate surface area is 91.2 Å². The molecular formula is C12H20N2O. The van der Waals surface area contributed by atoms with Crippen molar-refractivity contribution in [2.24, 2.45) is 11.7 Å². The molecule has 0 bridgehead atoms. The average Bonchev–Trinajstić information content (AvgIpc) is 2.81. The normalized spacial score (nSPS) is 25.3. The highest BCUT2D eigenvalue weighted by Crippen LogP contribution is 2.26. The van der Waals surface area contributed by atoms with Gasteiger partial charge in [-0.25, -0.2) is 0 Å². The van der Waals surface area contributed by atoms with Gasteiger partial charge in [0.1, 0.15) is 5.76 Å². The molecule has 0 amide bonds.